The molecule has 1 aromatic heterocycles. The van der Waals surface area contributed by atoms with Gasteiger partial charge in [0.25, 0.3) is 5.91 Å². The fourth-order valence-electron chi connectivity index (χ4n) is 5.54. The molecule has 8 nitrogen and oxygen atoms in total. The molecule has 1 aliphatic rings. The van der Waals surface area contributed by atoms with Crippen molar-refractivity contribution >= 4 is 40.8 Å². The summed E-state index contributed by atoms with van der Waals surface area (Å²) in [6, 6.07) is 18.4. The van der Waals surface area contributed by atoms with Crippen LogP contribution < -0.4 is 15.5 Å². The first-order valence-electron chi connectivity index (χ1n) is 16.7. The molecule has 50 heavy (non-hydrogen) atoms. The molecule has 5 rings (SSSR count). The van der Waals surface area contributed by atoms with E-state index in [0.717, 1.165) is 54.9 Å². The van der Waals surface area contributed by atoms with Crippen LogP contribution in [0.5, 0.6) is 0 Å². The highest BCUT2D eigenvalue weighted by Crippen LogP contribution is 2.32. The molecule has 0 saturated carbocycles. The smallest absolute Gasteiger partial charge is 0.416 e. The molecule has 0 aliphatic carbocycles. The van der Waals surface area contributed by atoms with Gasteiger partial charge in [-0.05, 0) is 93.6 Å². The molecule has 1 aliphatic heterocycles. The van der Waals surface area contributed by atoms with Gasteiger partial charge in [-0.25, -0.2) is 4.98 Å². The number of anilines is 3. The third-order valence-electron chi connectivity index (χ3n) is 7.98. The number of amides is 1. The topological polar surface area (TPSA) is 96.5 Å². The number of benzene rings is 3. The van der Waals surface area contributed by atoms with Crippen LogP contribution in [-0.2, 0) is 28.0 Å². The summed E-state index contributed by atoms with van der Waals surface area (Å²) in [6.45, 7) is 7.79. The molecule has 2 N–H and O–H groups in total. The number of carbonyl (C=O) groups is 2. The highest BCUT2D eigenvalue weighted by Gasteiger charge is 2.30. The highest BCUT2D eigenvalue weighted by atomic mass is 32.2. The van der Waals surface area contributed by atoms with Crippen molar-refractivity contribution in [2.24, 2.45) is 0 Å². The van der Waals surface area contributed by atoms with Crippen molar-refractivity contribution in [2.45, 2.75) is 70.5 Å². The summed E-state index contributed by atoms with van der Waals surface area (Å²) in [4.78, 5) is 36.6. The van der Waals surface area contributed by atoms with Crippen LogP contribution in [0.4, 0.5) is 30.4 Å². The van der Waals surface area contributed by atoms with E-state index in [4.69, 9.17) is 4.74 Å². The maximum Gasteiger partial charge on any atom is 0.416 e. The van der Waals surface area contributed by atoms with Crippen LogP contribution in [0.15, 0.2) is 79.1 Å². The highest BCUT2D eigenvalue weighted by molar-refractivity contribution is 7.98. The number of esters is 1. The van der Waals surface area contributed by atoms with Gasteiger partial charge in [0, 0.05) is 53.6 Å². The van der Waals surface area contributed by atoms with Gasteiger partial charge in [-0.3, -0.25) is 14.6 Å². The average Bonchev–Trinajstić information content (AvgIpc) is 3.09. The second-order valence-corrected chi connectivity index (χ2v) is 14.3. The Morgan fingerprint density at radius 3 is 2.42 bits per heavy atom. The van der Waals surface area contributed by atoms with Crippen molar-refractivity contribution < 1.29 is 27.5 Å². The van der Waals surface area contributed by atoms with Crippen molar-refractivity contribution in [1.29, 1.82) is 0 Å². The van der Waals surface area contributed by atoms with E-state index in [1.165, 1.54) is 24.9 Å². The Morgan fingerprint density at radius 1 is 0.920 bits per heavy atom. The molecule has 1 fully saturated rings. The van der Waals surface area contributed by atoms with Gasteiger partial charge in [-0.2, -0.15) is 24.9 Å². The van der Waals surface area contributed by atoms with Crippen LogP contribution in [0.1, 0.15) is 73.5 Å². The zero-order valence-electron chi connectivity index (χ0n) is 28.5. The van der Waals surface area contributed by atoms with E-state index in [1.54, 1.807) is 23.9 Å². The molecular formula is C38H42F3N5O3S. The number of rotatable bonds is 12. The Labute approximate surface area is 295 Å². The lowest BCUT2D eigenvalue weighted by Gasteiger charge is -2.29. The molecule has 4 aromatic rings. The number of aromatic nitrogens is 2. The molecule has 0 bridgehead atoms. The number of nitrogens with one attached hydrogen (secondary N) is 2. The summed E-state index contributed by atoms with van der Waals surface area (Å²) in [7, 11) is 0. The third kappa shape index (κ3) is 10.7. The maximum absolute atomic E-state index is 13.5. The summed E-state index contributed by atoms with van der Waals surface area (Å²) in [5, 5.41) is 6.34. The lowest BCUT2D eigenvalue weighted by molar-refractivity contribution is -0.154. The molecular weight excluding hydrogens is 664 g/mol. The molecule has 3 aromatic carbocycles. The van der Waals surface area contributed by atoms with Crippen LogP contribution in [0.2, 0.25) is 0 Å². The predicted octanol–water partition coefficient (Wildman–Crippen LogP) is 8.98. The molecule has 264 valence electrons. The Kier molecular flexibility index (Phi) is 12.0. The number of ether oxygens (including phenoxy) is 1. The summed E-state index contributed by atoms with van der Waals surface area (Å²) >= 11 is 1.61. The predicted molar refractivity (Wildman–Crippen MR) is 193 cm³/mol. The summed E-state index contributed by atoms with van der Waals surface area (Å²) in [5.41, 5.74) is 3.44. The minimum Gasteiger partial charge on any atom is -0.460 e. The zero-order valence-corrected chi connectivity index (χ0v) is 29.3. The fourth-order valence-corrected chi connectivity index (χ4v) is 6.41. The first kappa shape index (κ1) is 36.7. The van der Waals surface area contributed by atoms with Crippen molar-refractivity contribution in [3.63, 3.8) is 0 Å². The summed E-state index contributed by atoms with van der Waals surface area (Å²) in [6.07, 6.45) is 2.23. The molecule has 0 spiro atoms. The quantitative estimate of drug-likeness (QED) is 0.111. The minimum atomic E-state index is -4.45. The number of thioether (sulfide) groups is 1. The van der Waals surface area contributed by atoms with Crippen LogP contribution in [0.3, 0.4) is 0 Å². The van der Waals surface area contributed by atoms with Crippen LogP contribution in [0.25, 0.3) is 11.3 Å². The maximum atomic E-state index is 13.5. The van der Waals surface area contributed by atoms with Gasteiger partial charge in [-0.15, -0.1) is 0 Å². The third-order valence-corrected chi connectivity index (χ3v) is 9.01. The number of piperidine rings is 1. The Morgan fingerprint density at radius 2 is 1.70 bits per heavy atom. The number of hydrogen-bond donors (Lipinski definition) is 2. The Bertz CT molecular complexity index is 1770. The zero-order chi connectivity index (χ0) is 35.7. The van der Waals surface area contributed by atoms with E-state index in [-0.39, 0.29) is 11.9 Å². The molecule has 0 radical (unpaired) electrons. The first-order valence-corrected chi connectivity index (χ1v) is 17.8. The lowest BCUT2D eigenvalue weighted by atomic mass is 10.1. The lowest BCUT2D eigenvalue weighted by Crippen LogP contribution is -2.29. The van der Waals surface area contributed by atoms with E-state index in [0.29, 0.717) is 52.8 Å². The molecule has 12 heteroatoms. The van der Waals surface area contributed by atoms with Crippen LogP contribution in [-0.4, -0.2) is 46.3 Å². The largest absolute Gasteiger partial charge is 0.460 e. The summed E-state index contributed by atoms with van der Waals surface area (Å²) in [5.74, 6) is 1.23. The first-order chi connectivity index (χ1) is 23.8. The number of alkyl halides is 3. The van der Waals surface area contributed by atoms with Gasteiger partial charge in [0.2, 0.25) is 0 Å². The molecule has 2 heterocycles. The van der Waals surface area contributed by atoms with Crippen LogP contribution >= 0.6 is 11.8 Å². The van der Waals surface area contributed by atoms with Gasteiger partial charge >= 0.3 is 12.1 Å². The van der Waals surface area contributed by atoms with E-state index in [1.807, 2.05) is 51.1 Å². The van der Waals surface area contributed by atoms with Crippen molar-refractivity contribution in [1.82, 2.24) is 9.97 Å². The van der Waals surface area contributed by atoms with Crippen molar-refractivity contribution in [2.75, 3.05) is 34.4 Å². The normalized spacial score (nSPS) is 13.5. The van der Waals surface area contributed by atoms with E-state index < -0.39 is 17.3 Å². The SMILES string of the molecule is CC(C)(C)OC(=O)CCSCc1cccc(C(=O)Nc2ccc(N3CCCCC3)cc2CNc2cnc(-c3cccc(C(F)(F)F)c3)cn2)c1. The number of nitrogens with zero attached hydrogens (tertiary/aromatic N) is 3. The van der Waals surface area contributed by atoms with Gasteiger partial charge in [-0.1, -0.05) is 24.3 Å². The fraction of sp³-hybridized carbons (Fsp3) is 0.368. The monoisotopic (exact) mass is 705 g/mol. The Hall–Kier alpha value is -4.58. The van der Waals surface area contributed by atoms with Crippen LogP contribution in [0, 0.1) is 0 Å². The minimum absolute atomic E-state index is 0.228. The second-order valence-electron chi connectivity index (χ2n) is 13.2. The molecule has 1 amide bonds. The molecule has 0 atom stereocenters. The van der Waals surface area contributed by atoms with Crippen molar-refractivity contribution in [3.05, 3.63) is 101 Å². The number of hydrogen-bond acceptors (Lipinski definition) is 8. The average molecular weight is 706 g/mol. The molecule has 0 unspecified atom stereocenters. The van der Waals surface area contributed by atoms with Gasteiger partial charge in [0.15, 0.2) is 0 Å². The standard InChI is InChI=1S/C38H42F3N5O3S/c1-37(2,3)49-35(47)15-18-50-25-26-9-7-11-28(19-26)36(48)45-32-14-13-31(46-16-5-4-6-17-46)21-29(32)22-43-34-24-42-33(23-44-34)27-10-8-12-30(20-27)38(39,40)41/h7-14,19-21,23-24H,4-6,15-18,22,25H2,1-3H3,(H,43,44)(H,45,48). The molecule has 1 saturated heterocycles. The second kappa shape index (κ2) is 16.4. The van der Waals surface area contributed by atoms with E-state index >= 15 is 0 Å². The Balaban J connectivity index is 1.26. The van der Waals surface area contributed by atoms with Gasteiger partial charge in [0.05, 0.1) is 30.1 Å². The van der Waals surface area contributed by atoms with E-state index in [2.05, 4.69) is 31.6 Å². The van der Waals surface area contributed by atoms with Crippen molar-refractivity contribution in [3.8, 4) is 11.3 Å². The van der Waals surface area contributed by atoms with E-state index in [9.17, 15) is 22.8 Å². The van der Waals surface area contributed by atoms with Gasteiger partial charge in [0.1, 0.15) is 11.4 Å². The summed E-state index contributed by atoms with van der Waals surface area (Å²) < 4.78 is 45.0. The number of halogens is 3. The van der Waals surface area contributed by atoms with Gasteiger partial charge < -0.3 is 20.3 Å². The number of carbonyl (C=O) groups excluding carboxylic acids is 2.